The molecule has 1 amide bonds. The first kappa shape index (κ1) is 16.9. The van der Waals surface area contributed by atoms with Crippen LogP contribution in [0.25, 0.3) is 11.0 Å². The average molecular weight is 365 g/mol. The predicted octanol–water partition coefficient (Wildman–Crippen LogP) is 2.82. The number of ether oxygens (including phenoxy) is 2. The number of H-pyrrole nitrogens is 1. The van der Waals surface area contributed by atoms with E-state index in [1.807, 2.05) is 48.5 Å². The Morgan fingerprint density at radius 3 is 2.81 bits per heavy atom. The number of rotatable bonds is 5. The smallest absolute Gasteiger partial charge is 0.419 e. The third kappa shape index (κ3) is 4.17. The van der Waals surface area contributed by atoms with Crippen molar-refractivity contribution < 1.29 is 14.3 Å². The number of hydrogen-bond acceptors (Lipinski definition) is 6. The summed E-state index contributed by atoms with van der Waals surface area (Å²) in [4.78, 5) is 23.4. The van der Waals surface area contributed by atoms with Gasteiger partial charge in [0.15, 0.2) is 0 Å². The fourth-order valence-electron chi connectivity index (χ4n) is 2.88. The van der Waals surface area contributed by atoms with Gasteiger partial charge in [-0.15, -0.1) is 0 Å². The topological polar surface area (TPSA) is 115 Å². The maximum Gasteiger partial charge on any atom is 0.419 e. The molecule has 0 unspecified atom stereocenters. The first-order chi connectivity index (χ1) is 13.2. The second-order valence-electron chi connectivity index (χ2n) is 6.24. The van der Waals surface area contributed by atoms with Gasteiger partial charge in [-0.2, -0.15) is 4.98 Å². The number of aryl methyl sites for hydroxylation is 1. The molecule has 0 aliphatic carbocycles. The molecule has 8 nitrogen and oxygen atoms in total. The molecule has 1 atom stereocenters. The van der Waals surface area contributed by atoms with Crippen LogP contribution in [-0.4, -0.2) is 34.7 Å². The second-order valence-corrected chi connectivity index (χ2v) is 6.24. The van der Waals surface area contributed by atoms with Gasteiger partial charge in [0.1, 0.15) is 6.61 Å². The molecule has 0 fully saturated rings. The van der Waals surface area contributed by atoms with Crippen LogP contribution >= 0.6 is 0 Å². The van der Waals surface area contributed by atoms with E-state index in [1.54, 1.807) is 0 Å². The van der Waals surface area contributed by atoms with Crippen LogP contribution in [0.5, 0.6) is 6.01 Å². The van der Waals surface area contributed by atoms with Crippen LogP contribution in [0.3, 0.4) is 0 Å². The molecular weight excluding hydrogens is 346 g/mol. The molecule has 0 saturated carbocycles. The number of amidine groups is 1. The molecule has 0 bridgehead atoms. The molecule has 1 aliphatic rings. The summed E-state index contributed by atoms with van der Waals surface area (Å²) >= 11 is 0. The van der Waals surface area contributed by atoms with Crippen molar-refractivity contribution in [3.05, 3.63) is 54.1 Å². The molecule has 0 radical (unpaired) electrons. The van der Waals surface area contributed by atoms with Crippen molar-refractivity contribution in [2.75, 3.05) is 11.9 Å². The Labute approximate surface area is 155 Å². The van der Waals surface area contributed by atoms with Gasteiger partial charge in [0.2, 0.25) is 0 Å². The zero-order chi connectivity index (χ0) is 18.6. The number of amides is 1. The maximum absolute atomic E-state index is 12.0. The number of para-hydroxylation sites is 2. The van der Waals surface area contributed by atoms with Gasteiger partial charge < -0.3 is 20.2 Å². The number of benzene rings is 2. The van der Waals surface area contributed by atoms with Gasteiger partial charge in [-0.3, -0.25) is 5.32 Å². The normalized spacial score (nSPS) is 16.0. The van der Waals surface area contributed by atoms with Gasteiger partial charge in [-0.25, -0.2) is 9.79 Å². The van der Waals surface area contributed by atoms with Crippen LogP contribution in [0, 0.1) is 0 Å². The zero-order valence-electron chi connectivity index (χ0n) is 14.5. The Kier molecular flexibility index (Phi) is 4.61. The number of hydrogen-bond donors (Lipinski definition) is 3. The largest absolute Gasteiger partial charge is 0.463 e. The van der Waals surface area contributed by atoms with E-state index in [1.165, 1.54) is 0 Å². The van der Waals surface area contributed by atoms with Gasteiger partial charge in [0.05, 0.1) is 17.1 Å². The third-order valence-electron chi connectivity index (χ3n) is 4.26. The second kappa shape index (κ2) is 7.36. The van der Waals surface area contributed by atoms with Crippen LogP contribution in [-0.2, 0) is 11.2 Å². The van der Waals surface area contributed by atoms with Crippen molar-refractivity contribution in [3.8, 4) is 6.01 Å². The van der Waals surface area contributed by atoms with Crippen molar-refractivity contribution in [1.29, 1.82) is 0 Å². The van der Waals surface area contributed by atoms with Crippen molar-refractivity contribution in [3.63, 3.8) is 0 Å². The standard InChI is InChI=1S/C19H19N5O3/c20-17-21-14(11-26-17)10-7-12-5-8-13(9-6-12)22-19(25)27-18-23-15-3-1-2-4-16(15)24-18/h1-6,8-9,14H,7,10-11H2,(H2,20,21)(H,22,25)(H,23,24)/t14-/m0/s1. The number of anilines is 1. The van der Waals surface area contributed by atoms with Crippen LogP contribution in [0.4, 0.5) is 10.5 Å². The first-order valence-corrected chi connectivity index (χ1v) is 8.64. The number of carbonyl (C=O) groups excluding carboxylic acids is 1. The first-order valence-electron chi connectivity index (χ1n) is 8.64. The summed E-state index contributed by atoms with van der Waals surface area (Å²) in [5, 5.41) is 2.69. The number of aromatic amines is 1. The minimum absolute atomic E-state index is 0.113. The number of imidazole rings is 1. The SMILES string of the molecule is NC1=N[C@@H](CCc2ccc(NC(=O)Oc3nc4ccccc4[nH]3)cc2)CO1. The van der Waals surface area contributed by atoms with Gasteiger partial charge in [0.25, 0.3) is 6.02 Å². The van der Waals surface area contributed by atoms with E-state index in [0.717, 1.165) is 29.4 Å². The van der Waals surface area contributed by atoms with Gasteiger partial charge in [-0.05, 0) is 42.7 Å². The van der Waals surface area contributed by atoms with E-state index in [-0.39, 0.29) is 18.1 Å². The number of nitrogens with two attached hydrogens (primary N) is 1. The van der Waals surface area contributed by atoms with Crippen LogP contribution < -0.4 is 15.8 Å². The highest BCUT2D eigenvalue weighted by Gasteiger charge is 2.16. The fraction of sp³-hybridized carbons (Fsp3) is 0.211. The molecular formula is C19H19N5O3. The highest BCUT2D eigenvalue weighted by molar-refractivity contribution is 5.86. The summed E-state index contributed by atoms with van der Waals surface area (Å²) in [5.74, 6) is 0. The number of carbonyl (C=O) groups is 1. The number of fused-ring (bicyclic) bond motifs is 1. The summed E-state index contributed by atoms with van der Waals surface area (Å²) in [5.41, 5.74) is 8.84. The quantitative estimate of drug-likeness (QED) is 0.643. The van der Waals surface area contributed by atoms with E-state index in [2.05, 4.69) is 20.3 Å². The lowest BCUT2D eigenvalue weighted by molar-refractivity contribution is 0.212. The minimum Gasteiger partial charge on any atom is -0.463 e. The van der Waals surface area contributed by atoms with Gasteiger partial charge >= 0.3 is 12.1 Å². The molecule has 0 saturated heterocycles. The number of nitrogens with one attached hydrogen (secondary N) is 2. The van der Waals surface area contributed by atoms with E-state index < -0.39 is 6.09 Å². The molecule has 1 aliphatic heterocycles. The Balaban J connectivity index is 1.30. The minimum atomic E-state index is -0.602. The van der Waals surface area contributed by atoms with E-state index >= 15 is 0 Å². The van der Waals surface area contributed by atoms with E-state index in [9.17, 15) is 4.79 Å². The lowest BCUT2D eigenvalue weighted by Gasteiger charge is -2.07. The van der Waals surface area contributed by atoms with Crippen LogP contribution in [0.1, 0.15) is 12.0 Å². The summed E-state index contributed by atoms with van der Waals surface area (Å²) in [7, 11) is 0. The molecule has 4 N–H and O–H groups in total. The fourth-order valence-corrected chi connectivity index (χ4v) is 2.88. The van der Waals surface area contributed by atoms with E-state index in [0.29, 0.717) is 12.3 Å². The van der Waals surface area contributed by atoms with Crippen molar-refractivity contribution in [2.24, 2.45) is 10.7 Å². The Hall–Kier alpha value is -3.55. The van der Waals surface area contributed by atoms with Crippen LogP contribution in [0.2, 0.25) is 0 Å². The predicted molar refractivity (Wildman–Crippen MR) is 102 cm³/mol. The van der Waals surface area contributed by atoms with Crippen LogP contribution in [0.15, 0.2) is 53.5 Å². The number of nitrogens with zero attached hydrogens (tertiary/aromatic N) is 2. The monoisotopic (exact) mass is 365 g/mol. The van der Waals surface area contributed by atoms with Gasteiger partial charge in [0, 0.05) is 5.69 Å². The maximum atomic E-state index is 12.0. The molecule has 0 spiro atoms. The number of aromatic nitrogens is 2. The summed E-state index contributed by atoms with van der Waals surface area (Å²) in [6.07, 6.45) is 1.12. The summed E-state index contributed by atoms with van der Waals surface area (Å²) < 4.78 is 10.3. The molecule has 8 heteroatoms. The average Bonchev–Trinajstić information content (AvgIpc) is 3.26. The highest BCUT2D eigenvalue weighted by atomic mass is 16.6. The van der Waals surface area contributed by atoms with Crippen molar-refractivity contribution in [2.45, 2.75) is 18.9 Å². The van der Waals surface area contributed by atoms with Crippen molar-refractivity contribution >= 4 is 28.8 Å². The molecule has 138 valence electrons. The lowest BCUT2D eigenvalue weighted by atomic mass is 10.1. The number of aliphatic imine (C=N–C) groups is 1. The molecule has 2 heterocycles. The zero-order valence-corrected chi connectivity index (χ0v) is 14.5. The summed E-state index contributed by atoms with van der Waals surface area (Å²) in [6, 6.07) is 15.6. The third-order valence-corrected chi connectivity index (χ3v) is 4.26. The summed E-state index contributed by atoms with van der Waals surface area (Å²) in [6.45, 7) is 0.541. The van der Waals surface area contributed by atoms with Crippen molar-refractivity contribution in [1.82, 2.24) is 9.97 Å². The molecule has 3 aromatic rings. The molecule has 1 aromatic heterocycles. The molecule has 4 rings (SSSR count). The Bertz CT molecular complexity index is 947. The van der Waals surface area contributed by atoms with E-state index in [4.69, 9.17) is 15.2 Å². The Morgan fingerprint density at radius 1 is 1.26 bits per heavy atom. The lowest BCUT2D eigenvalue weighted by Crippen LogP contribution is -2.17. The highest BCUT2D eigenvalue weighted by Crippen LogP contribution is 2.17. The molecule has 27 heavy (non-hydrogen) atoms. The van der Waals surface area contributed by atoms with Gasteiger partial charge in [-0.1, -0.05) is 24.3 Å². The Morgan fingerprint density at radius 2 is 2.07 bits per heavy atom. The molecule has 2 aromatic carbocycles.